The Labute approximate surface area is 107 Å². The van der Waals surface area contributed by atoms with E-state index in [9.17, 15) is 9.59 Å². The van der Waals surface area contributed by atoms with Crippen LogP contribution in [0.1, 0.15) is 26.7 Å². The van der Waals surface area contributed by atoms with E-state index in [1.807, 2.05) is 13.8 Å². The van der Waals surface area contributed by atoms with Gasteiger partial charge in [-0.15, -0.1) is 11.8 Å². The predicted octanol–water partition coefficient (Wildman–Crippen LogP) is 0.525. The van der Waals surface area contributed by atoms with E-state index >= 15 is 0 Å². The van der Waals surface area contributed by atoms with Crippen LogP contribution >= 0.6 is 11.8 Å². The first-order valence-corrected chi connectivity index (χ1v) is 6.80. The summed E-state index contributed by atoms with van der Waals surface area (Å²) in [7, 11) is 1.32. The molecule has 17 heavy (non-hydrogen) atoms. The van der Waals surface area contributed by atoms with E-state index in [0.717, 1.165) is 6.42 Å². The maximum Gasteiger partial charge on any atom is 0.322 e. The highest BCUT2D eigenvalue weighted by Gasteiger charge is 2.16. The molecule has 0 aromatic rings. The van der Waals surface area contributed by atoms with Gasteiger partial charge in [0.25, 0.3) is 0 Å². The van der Waals surface area contributed by atoms with Crippen molar-refractivity contribution < 1.29 is 14.3 Å². The number of esters is 1. The molecule has 5 nitrogen and oxygen atoms in total. The summed E-state index contributed by atoms with van der Waals surface area (Å²) in [5, 5.41) is 2.70. The van der Waals surface area contributed by atoms with E-state index in [-0.39, 0.29) is 11.2 Å². The number of carbonyl (C=O) groups is 2. The number of nitrogens with two attached hydrogens (primary N) is 1. The van der Waals surface area contributed by atoms with Crippen molar-refractivity contribution in [1.82, 2.24) is 5.32 Å². The summed E-state index contributed by atoms with van der Waals surface area (Å²) < 4.78 is 4.52. The first kappa shape index (κ1) is 16.2. The summed E-state index contributed by atoms with van der Waals surface area (Å²) in [6.07, 6.45) is 1.44. The van der Waals surface area contributed by atoms with Crippen LogP contribution < -0.4 is 11.1 Å². The number of carbonyl (C=O) groups excluding carboxylic acids is 2. The van der Waals surface area contributed by atoms with Crippen molar-refractivity contribution in [3.05, 3.63) is 0 Å². The van der Waals surface area contributed by atoms with Crippen molar-refractivity contribution in [3.63, 3.8) is 0 Å². The molecule has 2 atom stereocenters. The Kier molecular flexibility index (Phi) is 8.89. The zero-order valence-electron chi connectivity index (χ0n) is 10.7. The summed E-state index contributed by atoms with van der Waals surface area (Å²) in [5.74, 6) is 0.286. The molecule has 0 aromatic heterocycles. The molecule has 0 radical (unpaired) electrons. The molecule has 0 aliphatic heterocycles. The lowest BCUT2D eigenvalue weighted by atomic mass is 10.2. The average molecular weight is 262 g/mol. The maximum absolute atomic E-state index is 11.5. The highest BCUT2D eigenvalue weighted by molar-refractivity contribution is 8.00. The second kappa shape index (κ2) is 9.30. The molecule has 0 saturated carbocycles. The number of nitrogens with one attached hydrogen (secondary N) is 1. The van der Waals surface area contributed by atoms with E-state index in [0.29, 0.717) is 18.7 Å². The number of hydrogen-bond acceptors (Lipinski definition) is 5. The molecule has 3 N–H and O–H groups in total. The molecule has 0 aliphatic rings. The quantitative estimate of drug-likeness (QED) is 0.623. The lowest BCUT2D eigenvalue weighted by molar-refractivity contribution is -0.142. The molecule has 0 heterocycles. The summed E-state index contributed by atoms with van der Waals surface area (Å²) >= 11 is 1.49. The van der Waals surface area contributed by atoms with Gasteiger partial charge in [-0.3, -0.25) is 9.59 Å². The van der Waals surface area contributed by atoms with Crippen molar-refractivity contribution in [3.8, 4) is 0 Å². The highest BCUT2D eigenvalue weighted by Crippen LogP contribution is 2.12. The van der Waals surface area contributed by atoms with Gasteiger partial charge >= 0.3 is 5.97 Å². The number of amides is 1. The van der Waals surface area contributed by atoms with Crippen LogP contribution in [0.2, 0.25) is 0 Å². The van der Waals surface area contributed by atoms with Gasteiger partial charge in [0.2, 0.25) is 5.91 Å². The Bertz CT molecular complexity index is 249. The number of rotatable bonds is 8. The van der Waals surface area contributed by atoms with E-state index in [1.165, 1.54) is 18.9 Å². The van der Waals surface area contributed by atoms with Crippen LogP contribution in [0.4, 0.5) is 0 Å². The second-order valence-corrected chi connectivity index (χ2v) is 5.17. The fourth-order valence-corrected chi connectivity index (χ4v) is 2.09. The van der Waals surface area contributed by atoms with Gasteiger partial charge in [-0.05, 0) is 25.5 Å². The van der Waals surface area contributed by atoms with Gasteiger partial charge in [0.05, 0.1) is 12.4 Å². The standard InChI is InChI=1S/C11H22N2O3S/c1-4-6-13-10(14)8(2)17-7-5-9(12)11(15)16-3/h8-9H,4-7,12H2,1-3H3,(H,13,14). The van der Waals surface area contributed by atoms with Crippen LogP contribution in [0.25, 0.3) is 0 Å². The largest absolute Gasteiger partial charge is 0.468 e. The van der Waals surface area contributed by atoms with Crippen LogP contribution in [-0.2, 0) is 14.3 Å². The summed E-state index contributed by atoms with van der Waals surface area (Å²) in [6, 6.07) is -0.599. The molecule has 0 bridgehead atoms. The van der Waals surface area contributed by atoms with Crippen LogP contribution in [0.15, 0.2) is 0 Å². The number of hydrogen-bond donors (Lipinski definition) is 2. The normalized spacial score (nSPS) is 13.9. The Morgan fingerprint density at radius 3 is 2.65 bits per heavy atom. The Morgan fingerprint density at radius 1 is 1.47 bits per heavy atom. The number of ether oxygens (including phenoxy) is 1. The van der Waals surface area contributed by atoms with Crippen molar-refractivity contribution in [2.24, 2.45) is 5.73 Å². The van der Waals surface area contributed by atoms with Crippen molar-refractivity contribution in [2.45, 2.75) is 38.0 Å². The van der Waals surface area contributed by atoms with Crippen molar-refractivity contribution >= 4 is 23.6 Å². The van der Waals surface area contributed by atoms with Gasteiger partial charge in [0.1, 0.15) is 6.04 Å². The molecule has 0 spiro atoms. The van der Waals surface area contributed by atoms with Crippen LogP contribution in [0.3, 0.4) is 0 Å². The SMILES string of the molecule is CCCNC(=O)C(C)SCCC(N)C(=O)OC. The average Bonchev–Trinajstić information content (AvgIpc) is 2.34. The molecule has 0 saturated heterocycles. The van der Waals surface area contributed by atoms with Crippen LogP contribution in [-0.4, -0.2) is 42.6 Å². The third kappa shape index (κ3) is 7.23. The first-order valence-electron chi connectivity index (χ1n) is 5.75. The molecule has 0 aliphatic carbocycles. The molecule has 0 aromatic carbocycles. The zero-order chi connectivity index (χ0) is 13.3. The van der Waals surface area contributed by atoms with E-state index in [1.54, 1.807) is 0 Å². The lowest BCUT2D eigenvalue weighted by Crippen LogP contribution is -2.34. The topological polar surface area (TPSA) is 81.4 Å². The zero-order valence-corrected chi connectivity index (χ0v) is 11.5. The molecular formula is C11H22N2O3S. The van der Waals surface area contributed by atoms with Gasteiger partial charge < -0.3 is 15.8 Å². The molecule has 1 amide bonds. The van der Waals surface area contributed by atoms with Gasteiger partial charge in [-0.1, -0.05) is 6.92 Å². The minimum absolute atomic E-state index is 0.0310. The predicted molar refractivity (Wildman–Crippen MR) is 69.8 cm³/mol. The minimum Gasteiger partial charge on any atom is -0.468 e. The summed E-state index contributed by atoms with van der Waals surface area (Å²) in [4.78, 5) is 22.5. The fraction of sp³-hybridized carbons (Fsp3) is 0.818. The fourth-order valence-electron chi connectivity index (χ4n) is 1.11. The third-order valence-corrected chi connectivity index (χ3v) is 3.40. The summed E-state index contributed by atoms with van der Waals surface area (Å²) in [5.41, 5.74) is 5.58. The first-order chi connectivity index (χ1) is 8.02. The molecule has 6 heteroatoms. The minimum atomic E-state index is -0.599. The van der Waals surface area contributed by atoms with Crippen molar-refractivity contribution in [1.29, 1.82) is 0 Å². The van der Waals surface area contributed by atoms with Gasteiger partial charge in [-0.2, -0.15) is 0 Å². The van der Waals surface area contributed by atoms with E-state index < -0.39 is 12.0 Å². The van der Waals surface area contributed by atoms with Gasteiger partial charge in [0.15, 0.2) is 0 Å². The second-order valence-electron chi connectivity index (χ2n) is 3.72. The number of thioether (sulfide) groups is 1. The molecule has 2 unspecified atom stereocenters. The smallest absolute Gasteiger partial charge is 0.322 e. The lowest BCUT2D eigenvalue weighted by Gasteiger charge is -2.13. The van der Waals surface area contributed by atoms with E-state index in [2.05, 4.69) is 10.1 Å². The van der Waals surface area contributed by atoms with Crippen LogP contribution in [0.5, 0.6) is 0 Å². The Balaban J connectivity index is 3.73. The monoisotopic (exact) mass is 262 g/mol. The highest BCUT2D eigenvalue weighted by atomic mass is 32.2. The molecule has 0 rings (SSSR count). The Morgan fingerprint density at radius 2 is 2.12 bits per heavy atom. The Hall–Kier alpha value is -0.750. The molecular weight excluding hydrogens is 240 g/mol. The van der Waals surface area contributed by atoms with Crippen molar-refractivity contribution in [2.75, 3.05) is 19.4 Å². The van der Waals surface area contributed by atoms with Crippen LogP contribution in [0, 0.1) is 0 Å². The number of methoxy groups -OCH3 is 1. The van der Waals surface area contributed by atoms with Gasteiger partial charge in [0, 0.05) is 6.54 Å². The molecule has 0 fully saturated rings. The molecule has 100 valence electrons. The maximum atomic E-state index is 11.5. The van der Waals surface area contributed by atoms with Gasteiger partial charge in [-0.25, -0.2) is 0 Å². The van der Waals surface area contributed by atoms with E-state index in [4.69, 9.17) is 5.73 Å². The third-order valence-electron chi connectivity index (χ3n) is 2.22. The summed E-state index contributed by atoms with van der Waals surface area (Å²) in [6.45, 7) is 4.55.